The molecule has 0 bridgehead atoms. The van der Waals surface area contributed by atoms with Gasteiger partial charge in [0.1, 0.15) is 5.82 Å². The number of halogens is 1. The molecule has 0 spiro atoms. The summed E-state index contributed by atoms with van der Waals surface area (Å²) in [6.45, 7) is 1.63. The van der Waals surface area contributed by atoms with Crippen LogP contribution in [-0.2, 0) is 11.3 Å². The van der Waals surface area contributed by atoms with E-state index in [1.807, 2.05) is 0 Å². The maximum Gasteiger partial charge on any atom is 0.238 e. The highest BCUT2D eigenvalue weighted by molar-refractivity contribution is 5.92. The average molecular weight is 277 g/mol. The van der Waals surface area contributed by atoms with Crippen LogP contribution in [0.2, 0.25) is 0 Å². The Morgan fingerprint density at radius 1 is 1.40 bits per heavy atom. The fourth-order valence-corrected chi connectivity index (χ4v) is 1.69. The first-order chi connectivity index (χ1) is 9.74. The number of hydrogen-bond acceptors (Lipinski definition) is 4. The Morgan fingerprint density at radius 3 is 3.05 bits per heavy atom. The number of nitrogens with zero attached hydrogens (tertiary/aromatic N) is 3. The van der Waals surface area contributed by atoms with Gasteiger partial charge in [-0.3, -0.25) is 9.48 Å². The number of nitrogens with one attached hydrogen (secondary N) is 2. The molecule has 7 heteroatoms. The topological polar surface area (TPSA) is 71.8 Å². The fraction of sp³-hybridized carbons (Fsp3) is 0.308. The molecule has 2 N–H and O–H groups in total. The van der Waals surface area contributed by atoms with Crippen LogP contribution in [0.4, 0.5) is 10.1 Å². The number of aromatic nitrogens is 3. The van der Waals surface area contributed by atoms with Crippen molar-refractivity contribution in [3.8, 4) is 0 Å². The van der Waals surface area contributed by atoms with Crippen molar-refractivity contribution in [3.05, 3.63) is 42.5 Å². The normalized spacial score (nSPS) is 10.4. The zero-order chi connectivity index (χ0) is 14.2. The van der Waals surface area contributed by atoms with Gasteiger partial charge in [-0.25, -0.2) is 4.39 Å². The van der Waals surface area contributed by atoms with Crippen LogP contribution in [0, 0.1) is 5.82 Å². The van der Waals surface area contributed by atoms with Crippen LogP contribution in [0.1, 0.15) is 6.42 Å². The highest BCUT2D eigenvalue weighted by Crippen LogP contribution is 2.08. The second-order valence-electron chi connectivity index (χ2n) is 4.25. The van der Waals surface area contributed by atoms with E-state index in [-0.39, 0.29) is 18.3 Å². The number of aryl methyl sites for hydroxylation is 1. The predicted molar refractivity (Wildman–Crippen MR) is 72.5 cm³/mol. The van der Waals surface area contributed by atoms with Crippen molar-refractivity contribution in [3.63, 3.8) is 0 Å². The lowest BCUT2D eigenvalue weighted by atomic mass is 10.3. The van der Waals surface area contributed by atoms with Crippen LogP contribution in [0.15, 0.2) is 36.7 Å². The summed E-state index contributed by atoms with van der Waals surface area (Å²) in [7, 11) is 0. The standard InChI is InChI=1S/C13H16FN5O/c14-11-3-1-4-12(9-11)17-13(20)10-15-5-2-7-19-8-6-16-18-19/h1,3-4,6,8-9,15H,2,5,7,10H2,(H,17,20). The van der Waals surface area contributed by atoms with E-state index in [9.17, 15) is 9.18 Å². The summed E-state index contributed by atoms with van der Waals surface area (Å²) in [5, 5.41) is 13.2. The molecule has 0 fully saturated rings. The largest absolute Gasteiger partial charge is 0.325 e. The Bertz CT molecular complexity index is 543. The van der Waals surface area contributed by atoms with E-state index in [1.165, 1.54) is 12.1 Å². The maximum absolute atomic E-state index is 12.9. The predicted octanol–water partition coefficient (Wildman–Crippen LogP) is 1.04. The van der Waals surface area contributed by atoms with E-state index < -0.39 is 0 Å². The molecule has 6 nitrogen and oxygen atoms in total. The molecule has 0 unspecified atom stereocenters. The molecule has 106 valence electrons. The van der Waals surface area contributed by atoms with Gasteiger partial charge in [0.2, 0.25) is 5.91 Å². The first-order valence-corrected chi connectivity index (χ1v) is 6.34. The Hall–Kier alpha value is -2.28. The molecule has 0 aliphatic heterocycles. The average Bonchev–Trinajstić information content (AvgIpc) is 2.91. The summed E-state index contributed by atoms with van der Waals surface area (Å²) in [4.78, 5) is 11.6. The van der Waals surface area contributed by atoms with Crippen LogP contribution < -0.4 is 10.6 Å². The molecule has 0 atom stereocenters. The third kappa shape index (κ3) is 4.77. The zero-order valence-electron chi connectivity index (χ0n) is 10.9. The molecule has 0 aliphatic rings. The Kier molecular flexibility index (Phi) is 5.19. The van der Waals surface area contributed by atoms with Gasteiger partial charge in [-0.1, -0.05) is 11.3 Å². The van der Waals surface area contributed by atoms with E-state index >= 15 is 0 Å². The lowest BCUT2D eigenvalue weighted by molar-refractivity contribution is -0.115. The highest BCUT2D eigenvalue weighted by atomic mass is 19.1. The molecular formula is C13H16FN5O. The molecule has 1 aromatic heterocycles. The number of carbonyl (C=O) groups excluding carboxylic acids is 1. The number of amides is 1. The Balaban J connectivity index is 1.60. The van der Waals surface area contributed by atoms with E-state index in [0.29, 0.717) is 12.2 Å². The van der Waals surface area contributed by atoms with Gasteiger partial charge < -0.3 is 10.6 Å². The highest BCUT2D eigenvalue weighted by Gasteiger charge is 2.02. The molecule has 0 radical (unpaired) electrons. The van der Waals surface area contributed by atoms with Crippen LogP contribution in [-0.4, -0.2) is 34.0 Å². The van der Waals surface area contributed by atoms with Gasteiger partial charge in [0.05, 0.1) is 12.7 Å². The smallest absolute Gasteiger partial charge is 0.238 e. The molecule has 20 heavy (non-hydrogen) atoms. The van der Waals surface area contributed by atoms with Crippen LogP contribution in [0.5, 0.6) is 0 Å². The van der Waals surface area contributed by atoms with Crippen LogP contribution >= 0.6 is 0 Å². The monoisotopic (exact) mass is 277 g/mol. The third-order valence-corrected chi connectivity index (χ3v) is 2.61. The Labute approximate surface area is 116 Å². The van der Waals surface area contributed by atoms with Gasteiger partial charge in [-0.05, 0) is 31.2 Å². The van der Waals surface area contributed by atoms with E-state index in [1.54, 1.807) is 29.2 Å². The number of carbonyl (C=O) groups is 1. The van der Waals surface area contributed by atoms with E-state index in [4.69, 9.17) is 0 Å². The van der Waals surface area contributed by atoms with Gasteiger partial charge in [0.25, 0.3) is 0 Å². The van der Waals surface area contributed by atoms with Gasteiger partial charge in [-0.2, -0.15) is 0 Å². The molecule has 1 heterocycles. The molecule has 1 amide bonds. The lowest BCUT2D eigenvalue weighted by Crippen LogP contribution is -2.29. The number of hydrogen-bond donors (Lipinski definition) is 2. The van der Waals surface area contributed by atoms with Crippen molar-refractivity contribution >= 4 is 11.6 Å². The van der Waals surface area contributed by atoms with Crippen molar-refractivity contribution in [2.45, 2.75) is 13.0 Å². The van der Waals surface area contributed by atoms with Crippen LogP contribution in [0.3, 0.4) is 0 Å². The first-order valence-electron chi connectivity index (χ1n) is 6.34. The van der Waals surface area contributed by atoms with Crippen LogP contribution in [0.25, 0.3) is 0 Å². The number of benzene rings is 1. The van der Waals surface area contributed by atoms with Gasteiger partial charge >= 0.3 is 0 Å². The molecule has 2 rings (SSSR count). The maximum atomic E-state index is 12.9. The Morgan fingerprint density at radius 2 is 2.30 bits per heavy atom. The van der Waals surface area contributed by atoms with Crippen molar-refractivity contribution in [2.75, 3.05) is 18.4 Å². The summed E-state index contributed by atoms with van der Waals surface area (Å²) < 4.78 is 14.7. The summed E-state index contributed by atoms with van der Waals surface area (Å²) >= 11 is 0. The molecule has 0 aliphatic carbocycles. The summed E-state index contributed by atoms with van der Waals surface area (Å²) in [5.74, 6) is -0.569. The summed E-state index contributed by atoms with van der Waals surface area (Å²) in [5.41, 5.74) is 0.458. The number of anilines is 1. The minimum absolute atomic E-state index is 0.188. The van der Waals surface area contributed by atoms with E-state index in [2.05, 4.69) is 20.9 Å². The quantitative estimate of drug-likeness (QED) is 0.742. The van der Waals surface area contributed by atoms with Crippen molar-refractivity contribution < 1.29 is 9.18 Å². The zero-order valence-corrected chi connectivity index (χ0v) is 10.9. The van der Waals surface area contributed by atoms with Gasteiger partial charge in [-0.15, -0.1) is 5.10 Å². The summed E-state index contributed by atoms with van der Waals surface area (Å²) in [6.07, 6.45) is 4.26. The first kappa shape index (κ1) is 14.1. The van der Waals surface area contributed by atoms with E-state index in [0.717, 1.165) is 13.0 Å². The molecule has 0 saturated heterocycles. The molecule has 0 saturated carbocycles. The summed E-state index contributed by atoms with van der Waals surface area (Å²) in [6, 6.07) is 5.81. The SMILES string of the molecule is O=C(CNCCCn1ccnn1)Nc1cccc(F)c1. The second-order valence-corrected chi connectivity index (χ2v) is 4.25. The second kappa shape index (κ2) is 7.34. The lowest BCUT2D eigenvalue weighted by Gasteiger charge is -2.06. The van der Waals surface area contributed by atoms with Crippen molar-refractivity contribution in [1.29, 1.82) is 0 Å². The van der Waals surface area contributed by atoms with Crippen molar-refractivity contribution in [2.24, 2.45) is 0 Å². The van der Waals surface area contributed by atoms with Gasteiger partial charge in [0.15, 0.2) is 0 Å². The minimum Gasteiger partial charge on any atom is -0.325 e. The number of rotatable bonds is 7. The minimum atomic E-state index is -0.372. The van der Waals surface area contributed by atoms with Crippen molar-refractivity contribution in [1.82, 2.24) is 20.3 Å². The molecule has 1 aromatic carbocycles. The molecule has 2 aromatic rings. The fourth-order valence-electron chi connectivity index (χ4n) is 1.69. The molecular weight excluding hydrogens is 261 g/mol. The third-order valence-electron chi connectivity index (χ3n) is 2.61. The van der Waals surface area contributed by atoms with Gasteiger partial charge in [0, 0.05) is 18.4 Å².